The zero-order chi connectivity index (χ0) is 14.8. The Labute approximate surface area is 126 Å². The van der Waals surface area contributed by atoms with E-state index < -0.39 is 0 Å². The number of rotatable bonds is 4. The van der Waals surface area contributed by atoms with Gasteiger partial charge in [-0.3, -0.25) is 0 Å². The Morgan fingerprint density at radius 3 is 2.65 bits per heavy atom. The first-order valence-electron chi connectivity index (χ1n) is 7.47. The van der Waals surface area contributed by atoms with Crippen LogP contribution in [0.3, 0.4) is 0 Å². The van der Waals surface area contributed by atoms with Crippen molar-refractivity contribution in [3.8, 4) is 0 Å². The van der Waals surface area contributed by atoms with Gasteiger partial charge in [0.25, 0.3) is 0 Å². The normalized spacial score (nSPS) is 18.1. The lowest BCUT2D eigenvalue weighted by atomic mass is 10.1. The molecule has 0 saturated carbocycles. The van der Waals surface area contributed by atoms with Crippen LogP contribution in [-0.2, 0) is 6.42 Å². The van der Waals surface area contributed by atoms with Crippen LogP contribution in [0.15, 0.2) is 0 Å². The molecule has 1 aliphatic heterocycles. The van der Waals surface area contributed by atoms with E-state index in [9.17, 15) is 0 Å². The lowest BCUT2D eigenvalue weighted by Crippen LogP contribution is -2.44. The maximum atomic E-state index is 4.79. The van der Waals surface area contributed by atoms with Gasteiger partial charge in [0.1, 0.15) is 17.5 Å². The fraction of sp³-hybridized carbons (Fsp3) is 0.733. The second kappa shape index (κ2) is 6.20. The van der Waals surface area contributed by atoms with E-state index in [0.29, 0.717) is 4.75 Å². The number of nitrogens with one attached hydrogen (secondary N) is 1. The standard InChI is InChI=1S/C15H26N4S/c1-6-12-17-13(16-7-2)11(3)14(18-12)19-8-9-20-15(4,5)10-19/h6-10H2,1-5H3,(H,16,17,18). The molecule has 1 N–H and O–H groups in total. The van der Waals surface area contributed by atoms with Crippen LogP contribution in [0.4, 0.5) is 11.6 Å². The highest BCUT2D eigenvalue weighted by Crippen LogP contribution is 2.33. The Hall–Kier alpha value is -0.970. The molecule has 2 heterocycles. The molecule has 0 unspecified atom stereocenters. The average Bonchev–Trinajstić information content (AvgIpc) is 2.40. The summed E-state index contributed by atoms with van der Waals surface area (Å²) in [5, 5.41) is 3.37. The van der Waals surface area contributed by atoms with Gasteiger partial charge in [-0.1, -0.05) is 6.92 Å². The fourth-order valence-electron chi connectivity index (χ4n) is 2.55. The summed E-state index contributed by atoms with van der Waals surface area (Å²) in [4.78, 5) is 11.8. The molecule has 2 rings (SSSR count). The maximum Gasteiger partial charge on any atom is 0.137 e. The van der Waals surface area contributed by atoms with Gasteiger partial charge in [-0.05, 0) is 27.7 Å². The van der Waals surface area contributed by atoms with Crippen LogP contribution in [0.1, 0.15) is 39.1 Å². The minimum absolute atomic E-state index is 0.292. The summed E-state index contributed by atoms with van der Waals surface area (Å²) in [6.07, 6.45) is 0.873. The Morgan fingerprint density at radius 2 is 2.05 bits per heavy atom. The van der Waals surface area contributed by atoms with Gasteiger partial charge in [0.05, 0.1) is 0 Å². The number of thioether (sulfide) groups is 1. The number of aromatic nitrogens is 2. The van der Waals surface area contributed by atoms with E-state index in [1.54, 1.807) is 0 Å². The molecule has 4 nitrogen and oxygen atoms in total. The summed E-state index contributed by atoms with van der Waals surface area (Å²) >= 11 is 2.05. The lowest BCUT2D eigenvalue weighted by molar-refractivity contribution is 0.638. The van der Waals surface area contributed by atoms with Crippen molar-refractivity contribution in [3.05, 3.63) is 11.4 Å². The second-order valence-electron chi connectivity index (χ2n) is 5.85. The number of anilines is 2. The van der Waals surface area contributed by atoms with E-state index in [0.717, 1.165) is 49.3 Å². The predicted octanol–water partition coefficient (Wildman–Crippen LogP) is 3.11. The Morgan fingerprint density at radius 1 is 1.30 bits per heavy atom. The summed E-state index contributed by atoms with van der Waals surface area (Å²) < 4.78 is 0.292. The van der Waals surface area contributed by atoms with Gasteiger partial charge >= 0.3 is 0 Å². The topological polar surface area (TPSA) is 41.1 Å². The van der Waals surface area contributed by atoms with Gasteiger partial charge in [-0.15, -0.1) is 0 Å². The van der Waals surface area contributed by atoms with Crippen LogP contribution in [0.5, 0.6) is 0 Å². The van der Waals surface area contributed by atoms with Crippen molar-refractivity contribution in [1.82, 2.24) is 9.97 Å². The smallest absolute Gasteiger partial charge is 0.137 e. The maximum absolute atomic E-state index is 4.79. The third-order valence-electron chi connectivity index (χ3n) is 3.55. The van der Waals surface area contributed by atoms with E-state index >= 15 is 0 Å². The zero-order valence-electron chi connectivity index (χ0n) is 13.3. The molecular formula is C15H26N4S. The minimum atomic E-state index is 0.292. The van der Waals surface area contributed by atoms with E-state index in [1.807, 2.05) is 11.8 Å². The monoisotopic (exact) mass is 294 g/mol. The molecule has 0 radical (unpaired) electrons. The van der Waals surface area contributed by atoms with Crippen molar-refractivity contribution >= 4 is 23.4 Å². The van der Waals surface area contributed by atoms with Crippen LogP contribution >= 0.6 is 11.8 Å². The SMILES string of the molecule is CCNc1nc(CC)nc(N2CCSC(C)(C)C2)c1C. The molecule has 0 amide bonds. The molecule has 1 aromatic rings. The van der Waals surface area contributed by atoms with E-state index in [2.05, 4.69) is 49.8 Å². The van der Waals surface area contributed by atoms with Crippen molar-refractivity contribution in [2.45, 2.75) is 45.8 Å². The van der Waals surface area contributed by atoms with Gasteiger partial charge in [-0.2, -0.15) is 11.8 Å². The van der Waals surface area contributed by atoms with Crippen LogP contribution in [0.25, 0.3) is 0 Å². The number of hydrogen-bond donors (Lipinski definition) is 1. The lowest BCUT2D eigenvalue weighted by Gasteiger charge is -2.39. The van der Waals surface area contributed by atoms with E-state index in [1.165, 1.54) is 5.56 Å². The molecule has 0 atom stereocenters. The van der Waals surface area contributed by atoms with Gasteiger partial charge in [0.15, 0.2) is 0 Å². The summed E-state index contributed by atoms with van der Waals surface area (Å²) in [5.41, 5.74) is 1.17. The molecular weight excluding hydrogens is 268 g/mol. The van der Waals surface area contributed by atoms with Crippen molar-refractivity contribution in [3.63, 3.8) is 0 Å². The molecule has 5 heteroatoms. The predicted molar refractivity (Wildman–Crippen MR) is 89.1 cm³/mol. The number of nitrogens with zero attached hydrogens (tertiary/aromatic N) is 3. The Balaban J connectivity index is 2.36. The third kappa shape index (κ3) is 3.37. The van der Waals surface area contributed by atoms with Crippen molar-refractivity contribution in [2.24, 2.45) is 0 Å². The van der Waals surface area contributed by atoms with Crippen molar-refractivity contribution < 1.29 is 0 Å². The molecule has 0 bridgehead atoms. The molecule has 1 aromatic heterocycles. The Kier molecular flexibility index (Phi) is 4.78. The van der Waals surface area contributed by atoms with Crippen LogP contribution in [-0.4, -0.2) is 40.1 Å². The summed E-state index contributed by atoms with van der Waals surface area (Å²) in [6, 6.07) is 0. The van der Waals surface area contributed by atoms with Gasteiger partial charge in [-0.25, -0.2) is 9.97 Å². The van der Waals surface area contributed by atoms with Crippen LogP contribution in [0, 0.1) is 6.92 Å². The molecule has 1 saturated heterocycles. The van der Waals surface area contributed by atoms with Gasteiger partial charge in [0, 0.05) is 42.1 Å². The highest BCUT2D eigenvalue weighted by atomic mass is 32.2. The summed E-state index contributed by atoms with van der Waals surface area (Å²) in [5.74, 6) is 4.19. The van der Waals surface area contributed by atoms with Gasteiger partial charge in [0.2, 0.25) is 0 Å². The first-order chi connectivity index (χ1) is 9.46. The van der Waals surface area contributed by atoms with Crippen LogP contribution in [0.2, 0.25) is 0 Å². The first-order valence-corrected chi connectivity index (χ1v) is 8.45. The Bertz CT molecular complexity index is 473. The highest BCUT2D eigenvalue weighted by Gasteiger charge is 2.29. The first kappa shape index (κ1) is 15.4. The van der Waals surface area contributed by atoms with E-state index in [4.69, 9.17) is 4.98 Å². The molecule has 1 aliphatic rings. The average molecular weight is 294 g/mol. The largest absolute Gasteiger partial charge is 0.370 e. The summed E-state index contributed by atoms with van der Waals surface area (Å²) in [7, 11) is 0. The molecule has 0 aromatic carbocycles. The fourth-order valence-corrected chi connectivity index (χ4v) is 3.66. The highest BCUT2D eigenvalue weighted by molar-refractivity contribution is 8.00. The zero-order valence-corrected chi connectivity index (χ0v) is 14.1. The quantitative estimate of drug-likeness (QED) is 0.924. The number of hydrogen-bond acceptors (Lipinski definition) is 5. The van der Waals surface area contributed by atoms with Crippen molar-refractivity contribution in [1.29, 1.82) is 0 Å². The molecule has 0 aliphatic carbocycles. The van der Waals surface area contributed by atoms with Crippen molar-refractivity contribution in [2.75, 3.05) is 35.6 Å². The summed E-state index contributed by atoms with van der Waals surface area (Å²) in [6.45, 7) is 14.0. The molecule has 112 valence electrons. The van der Waals surface area contributed by atoms with Gasteiger partial charge < -0.3 is 10.2 Å². The minimum Gasteiger partial charge on any atom is -0.370 e. The third-order valence-corrected chi connectivity index (χ3v) is 4.85. The molecule has 1 fully saturated rings. The second-order valence-corrected chi connectivity index (χ2v) is 7.65. The number of aryl methyl sites for hydroxylation is 1. The van der Waals surface area contributed by atoms with Crippen LogP contribution < -0.4 is 10.2 Å². The van der Waals surface area contributed by atoms with E-state index in [-0.39, 0.29) is 0 Å². The molecule has 20 heavy (non-hydrogen) atoms. The molecule has 0 spiro atoms.